The number of aromatic hydroxyl groups is 1. The third-order valence-corrected chi connectivity index (χ3v) is 1.94. The van der Waals surface area contributed by atoms with Crippen LogP contribution in [-0.2, 0) is 0 Å². The molecule has 15 heavy (non-hydrogen) atoms. The van der Waals surface area contributed by atoms with Crippen LogP contribution >= 0.6 is 11.6 Å². The predicted molar refractivity (Wildman–Crippen MR) is 50.0 cm³/mol. The predicted octanol–water partition coefficient (Wildman–Crippen LogP) is 2.50. The fraction of sp³-hybridized carbons (Fsp3) is 0.222. The summed E-state index contributed by atoms with van der Waals surface area (Å²) in [5.74, 6) is -2.24. The monoisotopic (exact) mass is 236 g/mol. The van der Waals surface area contributed by atoms with Gasteiger partial charge in [0.2, 0.25) is 5.78 Å². The first-order chi connectivity index (χ1) is 6.97. The molecule has 0 aliphatic carbocycles. The maximum absolute atomic E-state index is 12.1. The molecule has 6 heteroatoms. The van der Waals surface area contributed by atoms with Crippen LogP contribution in [0.3, 0.4) is 0 Å². The van der Waals surface area contributed by atoms with Gasteiger partial charge in [-0.2, -0.15) is 0 Å². The lowest BCUT2D eigenvalue weighted by molar-refractivity contribution is 0.0675. The number of benzene rings is 1. The molecule has 82 valence electrons. The highest BCUT2D eigenvalue weighted by Gasteiger charge is 2.23. The lowest BCUT2D eigenvalue weighted by Crippen LogP contribution is -2.10. The van der Waals surface area contributed by atoms with Crippen LogP contribution in [-0.4, -0.2) is 24.4 Å². The number of rotatable bonds is 3. The normalized spacial score (nSPS) is 10.5. The number of Topliss-reactive ketones (excluding diaryl/α,β-unsaturated/α-hetero) is 1. The Kier molecular flexibility index (Phi) is 3.47. The first-order valence-corrected chi connectivity index (χ1v) is 4.24. The van der Waals surface area contributed by atoms with Crippen LogP contribution in [0.15, 0.2) is 12.1 Å². The molecule has 0 fully saturated rings. The smallest absolute Gasteiger partial charge is 0.300 e. The number of halogens is 3. The summed E-state index contributed by atoms with van der Waals surface area (Å²) in [6, 6.07) is 2.19. The fourth-order valence-corrected chi connectivity index (χ4v) is 1.24. The minimum Gasteiger partial charge on any atom is -0.504 e. The molecule has 1 rings (SSSR count). The van der Waals surface area contributed by atoms with Gasteiger partial charge in [-0.25, -0.2) is 8.78 Å². The van der Waals surface area contributed by atoms with Crippen molar-refractivity contribution < 1.29 is 23.4 Å². The number of carbonyl (C=O) groups excluding carboxylic acids is 1. The highest BCUT2D eigenvalue weighted by atomic mass is 35.5. The molecule has 3 nitrogen and oxygen atoms in total. The van der Waals surface area contributed by atoms with Gasteiger partial charge in [0, 0.05) is 11.1 Å². The van der Waals surface area contributed by atoms with Crippen LogP contribution in [0, 0.1) is 0 Å². The summed E-state index contributed by atoms with van der Waals surface area (Å²) >= 11 is 5.56. The van der Waals surface area contributed by atoms with Crippen molar-refractivity contribution >= 4 is 17.4 Å². The zero-order chi connectivity index (χ0) is 11.6. The Bertz CT molecular complexity index is 393. The Hall–Kier alpha value is -1.36. The first-order valence-electron chi connectivity index (χ1n) is 3.86. The molecule has 0 aliphatic heterocycles. The molecule has 0 atom stereocenters. The minimum absolute atomic E-state index is 0.0358. The van der Waals surface area contributed by atoms with Crippen LogP contribution < -0.4 is 4.74 Å². The summed E-state index contributed by atoms with van der Waals surface area (Å²) in [4.78, 5) is 11.0. The second kappa shape index (κ2) is 4.44. The molecule has 0 saturated carbocycles. The van der Waals surface area contributed by atoms with E-state index in [1.54, 1.807) is 0 Å². The molecule has 0 amide bonds. The molecular formula is C9H7ClF2O3. The highest BCUT2D eigenvalue weighted by Crippen LogP contribution is 2.34. The van der Waals surface area contributed by atoms with E-state index in [1.807, 2.05) is 0 Å². The number of ether oxygens (including phenoxy) is 1. The Labute approximate surface area is 89.2 Å². The third-order valence-electron chi connectivity index (χ3n) is 1.72. The second-order valence-corrected chi connectivity index (χ2v) is 3.11. The number of hydrogen-bond donors (Lipinski definition) is 1. The average Bonchev–Trinajstić information content (AvgIpc) is 2.19. The Morgan fingerprint density at radius 3 is 2.60 bits per heavy atom. The zero-order valence-corrected chi connectivity index (χ0v) is 8.39. The van der Waals surface area contributed by atoms with Gasteiger partial charge in [0.25, 0.3) is 0 Å². The molecule has 0 unspecified atom stereocenters. The van der Waals surface area contributed by atoms with E-state index in [0.717, 1.165) is 6.07 Å². The van der Waals surface area contributed by atoms with Crippen molar-refractivity contribution in [3.8, 4) is 11.5 Å². The summed E-state index contributed by atoms with van der Waals surface area (Å²) in [7, 11) is 1.22. The topological polar surface area (TPSA) is 46.5 Å². The second-order valence-electron chi connectivity index (χ2n) is 2.67. The molecule has 0 bridgehead atoms. The van der Waals surface area contributed by atoms with Crippen molar-refractivity contribution in [2.45, 2.75) is 6.43 Å². The SMILES string of the molecule is COc1cc(Cl)cc(C(=O)C(F)F)c1O. The largest absolute Gasteiger partial charge is 0.504 e. The number of carbonyl (C=O) groups is 1. The number of ketones is 1. The first kappa shape index (κ1) is 11.7. The number of alkyl halides is 2. The van der Waals surface area contributed by atoms with Crippen LogP contribution in [0.1, 0.15) is 10.4 Å². The van der Waals surface area contributed by atoms with E-state index < -0.39 is 23.5 Å². The van der Waals surface area contributed by atoms with Crippen molar-refractivity contribution in [1.29, 1.82) is 0 Å². The van der Waals surface area contributed by atoms with E-state index in [2.05, 4.69) is 4.74 Å². The van der Waals surface area contributed by atoms with Crippen molar-refractivity contribution in [3.05, 3.63) is 22.7 Å². The quantitative estimate of drug-likeness (QED) is 0.821. The third kappa shape index (κ3) is 2.36. The van der Waals surface area contributed by atoms with Crippen LogP contribution in [0.25, 0.3) is 0 Å². The Morgan fingerprint density at radius 1 is 1.53 bits per heavy atom. The van der Waals surface area contributed by atoms with Crippen LogP contribution in [0.5, 0.6) is 11.5 Å². The lowest BCUT2D eigenvalue weighted by Gasteiger charge is -2.08. The number of methoxy groups -OCH3 is 1. The van der Waals surface area contributed by atoms with Gasteiger partial charge in [0.1, 0.15) is 0 Å². The molecule has 0 heterocycles. The Morgan fingerprint density at radius 2 is 2.13 bits per heavy atom. The maximum Gasteiger partial charge on any atom is 0.300 e. The summed E-state index contributed by atoms with van der Waals surface area (Å²) in [6.07, 6.45) is -3.20. The molecule has 0 aromatic heterocycles. The van der Waals surface area contributed by atoms with E-state index in [1.165, 1.54) is 13.2 Å². The fourth-order valence-electron chi connectivity index (χ4n) is 1.04. The minimum atomic E-state index is -3.20. The number of hydrogen-bond acceptors (Lipinski definition) is 3. The standard InChI is InChI=1S/C9H7ClF2O3/c1-15-6-3-4(10)2-5(7(6)13)8(14)9(11)12/h2-3,9,13H,1H3. The highest BCUT2D eigenvalue weighted by molar-refractivity contribution is 6.31. The van der Waals surface area contributed by atoms with Gasteiger partial charge in [-0.1, -0.05) is 11.6 Å². The average molecular weight is 237 g/mol. The van der Waals surface area contributed by atoms with Gasteiger partial charge in [-0.15, -0.1) is 0 Å². The summed E-state index contributed by atoms with van der Waals surface area (Å²) in [5.41, 5.74) is -0.547. The van der Waals surface area contributed by atoms with Crippen molar-refractivity contribution in [2.24, 2.45) is 0 Å². The van der Waals surface area contributed by atoms with E-state index in [9.17, 15) is 18.7 Å². The van der Waals surface area contributed by atoms with Crippen molar-refractivity contribution in [1.82, 2.24) is 0 Å². The summed E-state index contributed by atoms with van der Waals surface area (Å²) in [5, 5.41) is 9.43. The molecule has 0 spiro atoms. The van der Waals surface area contributed by atoms with Gasteiger partial charge in [0.05, 0.1) is 12.7 Å². The van der Waals surface area contributed by atoms with Gasteiger partial charge in [-0.05, 0) is 6.07 Å². The molecule has 0 aliphatic rings. The van der Waals surface area contributed by atoms with Gasteiger partial charge in [0.15, 0.2) is 11.5 Å². The Balaban J connectivity index is 3.29. The molecule has 0 saturated heterocycles. The van der Waals surface area contributed by atoms with Gasteiger partial charge < -0.3 is 9.84 Å². The van der Waals surface area contributed by atoms with Gasteiger partial charge in [-0.3, -0.25) is 4.79 Å². The zero-order valence-electron chi connectivity index (χ0n) is 7.63. The number of phenolic OH excluding ortho intramolecular Hbond substituents is 1. The van der Waals surface area contributed by atoms with Gasteiger partial charge >= 0.3 is 6.43 Å². The van der Waals surface area contributed by atoms with E-state index >= 15 is 0 Å². The van der Waals surface area contributed by atoms with Crippen molar-refractivity contribution in [3.63, 3.8) is 0 Å². The van der Waals surface area contributed by atoms with Crippen molar-refractivity contribution in [2.75, 3.05) is 7.11 Å². The van der Waals surface area contributed by atoms with E-state index in [0.29, 0.717) is 0 Å². The summed E-state index contributed by atoms with van der Waals surface area (Å²) < 4.78 is 28.9. The molecule has 1 N–H and O–H groups in total. The molecule has 0 radical (unpaired) electrons. The van der Waals surface area contributed by atoms with E-state index in [-0.39, 0.29) is 10.8 Å². The van der Waals surface area contributed by atoms with E-state index in [4.69, 9.17) is 11.6 Å². The molecule has 1 aromatic carbocycles. The maximum atomic E-state index is 12.1. The molecular weight excluding hydrogens is 230 g/mol. The summed E-state index contributed by atoms with van der Waals surface area (Å²) in [6.45, 7) is 0. The number of phenols is 1. The molecule has 1 aromatic rings. The lowest BCUT2D eigenvalue weighted by atomic mass is 10.1. The van der Waals surface area contributed by atoms with Crippen LogP contribution in [0.2, 0.25) is 5.02 Å². The van der Waals surface area contributed by atoms with Crippen LogP contribution in [0.4, 0.5) is 8.78 Å².